The Balaban J connectivity index is 1.98. The summed E-state index contributed by atoms with van der Waals surface area (Å²) >= 11 is 6.32. The number of Topliss-reactive ketones (excluding diaryl/α,β-unsaturated/α-hetero) is 1. The molecule has 1 heterocycles. The Bertz CT molecular complexity index is 785. The van der Waals surface area contributed by atoms with Gasteiger partial charge in [0.05, 0.1) is 0 Å². The van der Waals surface area contributed by atoms with Gasteiger partial charge in [-0.25, -0.2) is 0 Å². The lowest BCUT2D eigenvalue weighted by Crippen LogP contribution is -2.27. The fraction of sp³-hybridized carbons (Fsp3) is 0.167. The highest BCUT2D eigenvalue weighted by Gasteiger charge is 2.33. The summed E-state index contributed by atoms with van der Waals surface area (Å²) in [4.78, 5) is 17.3. The first kappa shape index (κ1) is 15.3. The molecule has 0 amide bonds. The van der Waals surface area contributed by atoms with Crippen LogP contribution in [0.1, 0.15) is 23.0 Å². The van der Waals surface area contributed by atoms with E-state index in [0.717, 1.165) is 21.5 Å². The van der Waals surface area contributed by atoms with Crippen LogP contribution in [0, 0.1) is 0 Å². The Hall–Kier alpha value is -1.65. The minimum absolute atomic E-state index is 0.00459. The number of thioether (sulfide) groups is 1. The van der Waals surface area contributed by atoms with Crippen LogP contribution >= 0.6 is 24.4 Å². The fourth-order valence-corrected chi connectivity index (χ4v) is 3.14. The molecule has 0 bridgehead atoms. The Morgan fingerprint density at radius 3 is 2.45 bits per heavy atom. The number of benzene rings is 2. The second kappa shape index (κ2) is 5.86. The number of hydrogen-bond donors (Lipinski definition) is 2. The highest BCUT2D eigenvalue weighted by Crippen LogP contribution is 2.33. The molecule has 1 aromatic heterocycles. The van der Waals surface area contributed by atoms with Crippen molar-refractivity contribution in [1.82, 2.24) is 4.98 Å². The third-order valence-electron chi connectivity index (χ3n) is 3.85. The van der Waals surface area contributed by atoms with Crippen LogP contribution < -0.4 is 0 Å². The number of aromatic nitrogens is 1. The molecule has 1 N–H and O–H groups in total. The first-order valence-corrected chi connectivity index (χ1v) is 8.69. The van der Waals surface area contributed by atoms with E-state index in [0.29, 0.717) is 5.56 Å². The second-order valence-corrected chi connectivity index (χ2v) is 7.17. The van der Waals surface area contributed by atoms with Gasteiger partial charge < -0.3 is 4.98 Å². The van der Waals surface area contributed by atoms with Crippen molar-refractivity contribution in [3.8, 4) is 0 Å². The lowest BCUT2D eigenvalue weighted by Gasteiger charge is -2.21. The van der Waals surface area contributed by atoms with Crippen molar-refractivity contribution >= 4 is 41.1 Å². The van der Waals surface area contributed by atoms with Crippen LogP contribution in [0.2, 0.25) is 0 Å². The number of thiol groups is 1. The van der Waals surface area contributed by atoms with E-state index in [-0.39, 0.29) is 5.78 Å². The number of carbonyl (C=O) groups is 1. The molecule has 0 radical (unpaired) electrons. The van der Waals surface area contributed by atoms with Crippen molar-refractivity contribution in [2.24, 2.45) is 0 Å². The molecular formula is C18H17NOS2. The quantitative estimate of drug-likeness (QED) is 0.405. The minimum Gasteiger partial charge on any atom is -0.357 e. The molecule has 2 aromatic carbocycles. The highest BCUT2D eigenvalue weighted by atomic mass is 32.2. The lowest BCUT2D eigenvalue weighted by atomic mass is 9.95. The summed E-state index contributed by atoms with van der Waals surface area (Å²) in [6, 6.07) is 17.6. The second-order valence-electron chi connectivity index (χ2n) is 5.40. The van der Waals surface area contributed by atoms with Crippen LogP contribution in [0.15, 0.2) is 59.5 Å². The Morgan fingerprint density at radius 1 is 1.14 bits per heavy atom. The topological polar surface area (TPSA) is 32.9 Å². The summed E-state index contributed by atoms with van der Waals surface area (Å²) in [6.07, 6.45) is 2.02. The molecule has 0 saturated carbocycles. The first-order chi connectivity index (χ1) is 10.5. The van der Waals surface area contributed by atoms with Gasteiger partial charge in [-0.3, -0.25) is 4.79 Å². The molecule has 112 valence electrons. The Labute approximate surface area is 139 Å². The average molecular weight is 327 g/mol. The van der Waals surface area contributed by atoms with Gasteiger partial charge in [-0.15, -0.1) is 11.8 Å². The van der Waals surface area contributed by atoms with Crippen LogP contribution in [0.3, 0.4) is 0 Å². The van der Waals surface area contributed by atoms with Gasteiger partial charge in [0.25, 0.3) is 0 Å². The molecule has 4 heteroatoms. The molecule has 3 aromatic rings. The molecule has 0 aliphatic heterocycles. The Kier molecular flexibility index (Phi) is 4.06. The van der Waals surface area contributed by atoms with Crippen molar-refractivity contribution in [2.75, 3.05) is 6.26 Å². The van der Waals surface area contributed by atoms with Crippen molar-refractivity contribution in [3.05, 3.63) is 65.9 Å². The number of fused-ring (bicyclic) bond motifs is 1. The highest BCUT2D eigenvalue weighted by molar-refractivity contribution is 7.98. The zero-order valence-corrected chi connectivity index (χ0v) is 14.2. The number of hydrogen-bond acceptors (Lipinski definition) is 3. The predicted molar refractivity (Wildman–Crippen MR) is 97.2 cm³/mol. The zero-order valence-electron chi connectivity index (χ0n) is 12.5. The molecule has 0 aliphatic rings. The molecule has 0 fully saturated rings. The smallest absolute Gasteiger partial charge is 0.184 e. The fourth-order valence-electron chi connectivity index (χ4n) is 2.48. The Morgan fingerprint density at radius 2 is 1.82 bits per heavy atom. The average Bonchev–Trinajstić information content (AvgIpc) is 2.99. The number of aromatic amines is 1. The molecule has 0 spiro atoms. The number of para-hydroxylation sites is 1. The van der Waals surface area contributed by atoms with E-state index in [1.807, 2.05) is 67.8 Å². The van der Waals surface area contributed by atoms with Crippen molar-refractivity contribution in [1.29, 1.82) is 0 Å². The molecule has 0 aliphatic carbocycles. The van der Waals surface area contributed by atoms with Gasteiger partial charge >= 0.3 is 0 Å². The molecule has 0 saturated heterocycles. The number of nitrogens with one attached hydrogen (secondary N) is 1. The van der Waals surface area contributed by atoms with E-state index in [2.05, 4.69) is 17.6 Å². The summed E-state index contributed by atoms with van der Waals surface area (Å²) in [6.45, 7) is 1.84. The summed E-state index contributed by atoms with van der Waals surface area (Å²) < 4.78 is -0.889. The number of ketones is 1. The molecule has 22 heavy (non-hydrogen) atoms. The van der Waals surface area contributed by atoms with Gasteiger partial charge in [0.15, 0.2) is 5.78 Å². The van der Waals surface area contributed by atoms with E-state index in [1.165, 1.54) is 0 Å². The van der Waals surface area contributed by atoms with Crippen LogP contribution in [-0.2, 0) is 4.75 Å². The maximum absolute atomic E-state index is 12.8. The van der Waals surface area contributed by atoms with Gasteiger partial charge in [-0.05, 0) is 42.8 Å². The maximum atomic E-state index is 12.8. The third kappa shape index (κ3) is 2.69. The van der Waals surface area contributed by atoms with E-state index < -0.39 is 4.75 Å². The largest absolute Gasteiger partial charge is 0.357 e. The van der Waals surface area contributed by atoms with Gasteiger partial charge in [-0.1, -0.05) is 30.3 Å². The van der Waals surface area contributed by atoms with Crippen molar-refractivity contribution < 1.29 is 4.79 Å². The monoisotopic (exact) mass is 327 g/mol. The van der Waals surface area contributed by atoms with Crippen LogP contribution in [0.5, 0.6) is 0 Å². The van der Waals surface area contributed by atoms with E-state index in [4.69, 9.17) is 0 Å². The van der Waals surface area contributed by atoms with Crippen molar-refractivity contribution in [3.63, 3.8) is 0 Å². The van der Waals surface area contributed by atoms with Crippen LogP contribution in [0.4, 0.5) is 0 Å². The van der Waals surface area contributed by atoms with E-state index in [1.54, 1.807) is 11.8 Å². The summed E-state index contributed by atoms with van der Waals surface area (Å²) in [5, 5.41) is 1.09. The minimum atomic E-state index is -0.889. The van der Waals surface area contributed by atoms with E-state index in [9.17, 15) is 4.79 Å². The first-order valence-electron chi connectivity index (χ1n) is 7.02. The van der Waals surface area contributed by atoms with Crippen molar-refractivity contribution in [2.45, 2.75) is 16.6 Å². The number of carbonyl (C=O) groups excluding carboxylic acids is 1. The van der Waals surface area contributed by atoms with Gasteiger partial charge in [0, 0.05) is 21.7 Å². The zero-order chi connectivity index (χ0) is 15.7. The molecule has 2 nitrogen and oxygen atoms in total. The van der Waals surface area contributed by atoms with Gasteiger partial charge in [-0.2, -0.15) is 12.6 Å². The lowest BCUT2D eigenvalue weighted by molar-refractivity contribution is 0.0949. The van der Waals surface area contributed by atoms with Gasteiger partial charge in [0.1, 0.15) is 4.75 Å². The number of rotatable bonds is 4. The standard InChI is InChI=1S/C18H17NOS2/c1-18(21,16-11-13-5-3-4-6-15(13)19-16)17(20)12-7-9-14(22-2)10-8-12/h3-11,19,21H,1-2H3. The summed E-state index contributed by atoms with van der Waals surface area (Å²) in [7, 11) is 0. The van der Waals surface area contributed by atoms with Crippen LogP contribution in [-0.4, -0.2) is 17.0 Å². The molecule has 1 unspecified atom stereocenters. The summed E-state index contributed by atoms with van der Waals surface area (Å²) in [5.74, 6) is -0.00459. The molecule has 1 atom stereocenters. The molecule has 3 rings (SSSR count). The number of H-pyrrole nitrogens is 1. The SMILES string of the molecule is CSc1ccc(C(=O)C(C)(S)c2cc3ccccc3[nH]2)cc1. The molecular weight excluding hydrogens is 310 g/mol. The normalized spacial score (nSPS) is 14.0. The predicted octanol–water partition coefficient (Wildman–Crippen LogP) is 4.92. The van der Waals surface area contributed by atoms with Crippen LogP contribution in [0.25, 0.3) is 10.9 Å². The maximum Gasteiger partial charge on any atom is 0.184 e. The van der Waals surface area contributed by atoms with E-state index >= 15 is 0 Å². The summed E-state index contributed by atoms with van der Waals surface area (Å²) in [5.41, 5.74) is 2.51. The third-order valence-corrected chi connectivity index (χ3v) is 5.04. The van der Waals surface area contributed by atoms with Gasteiger partial charge in [0.2, 0.25) is 0 Å².